The molecule has 1 amide bonds. The molecule has 1 aromatic carbocycles. The van der Waals surface area contributed by atoms with E-state index >= 15 is 0 Å². The number of nitrogens with one attached hydrogen (secondary N) is 1. The molecule has 1 fully saturated rings. The molecule has 0 bridgehead atoms. The zero-order chi connectivity index (χ0) is 14.7. The zero-order valence-electron chi connectivity index (χ0n) is 11.8. The molecule has 20 heavy (non-hydrogen) atoms. The largest absolute Gasteiger partial charge is 0.342 e. The average Bonchev–Trinajstić information content (AvgIpc) is 2.42. The van der Waals surface area contributed by atoms with Crippen LogP contribution in [0.3, 0.4) is 0 Å². The van der Waals surface area contributed by atoms with Crippen LogP contribution in [0.25, 0.3) is 0 Å². The van der Waals surface area contributed by atoms with Crippen LogP contribution in [0.5, 0.6) is 0 Å². The van der Waals surface area contributed by atoms with Crippen molar-refractivity contribution in [2.24, 2.45) is 5.92 Å². The summed E-state index contributed by atoms with van der Waals surface area (Å²) in [5.74, 6) is -1.19. The van der Waals surface area contributed by atoms with Crippen molar-refractivity contribution in [3.63, 3.8) is 0 Å². The van der Waals surface area contributed by atoms with Gasteiger partial charge in [0.05, 0.1) is 6.42 Å². The Labute approximate surface area is 118 Å². The number of carbonyl (C=O) groups is 1. The van der Waals surface area contributed by atoms with Crippen LogP contribution in [0.15, 0.2) is 18.2 Å². The summed E-state index contributed by atoms with van der Waals surface area (Å²) in [7, 11) is 1.91. The van der Waals surface area contributed by atoms with Crippen LogP contribution in [0.1, 0.15) is 18.9 Å². The van der Waals surface area contributed by atoms with Gasteiger partial charge in [-0.15, -0.1) is 0 Å². The third-order valence-electron chi connectivity index (χ3n) is 4.02. The Kier molecular flexibility index (Phi) is 4.70. The molecule has 1 saturated heterocycles. The summed E-state index contributed by atoms with van der Waals surface area (Å²) < 4.78 is 27.1. The first-order chi connectivity index (χ1) is 9.52. The molecular weight excluding hydrogens is 262 g/mol. The second-order valence-electron chi connectivity index (χ2n) is 5.38. The van der Waals surface area contributed by atoms with Crippen LogP contribution in [0.2, 0.25) is 0 Å². The molecule has 1 heterocycles. The molecule has 0 aromatic heterocycles. The van der Waals surface area contributed by atoms with E-state index in [1.54, 1.807) is 4.90 Å². The number of nitrogens with zero attached hydrogens (tertiary/aromatic N) is 1. The minimum Gasteiger partial charge on any atom is -0.342 e. The van der Waals surface area contributed by atoms with E-state index in [0.29, 0.717) is 25.0 Å². The van der Waals surface area contributed by atoms with Gasteiger partial charge in [0.15, 0.2) is 0 Å². The van der Waals surface area contributed by atoms with Gasteiger partial charge in [-0.1, -0.05) is 13.0 Å². The topological polar surface area (TPSA) is 32.3 Å². The Hall–Kier alpha value is -1.49. The first kappa shape index (κ1) is 14.9. The molecule has 0 saturated carbocycles. The number of rotatable bonds is 3. The van der Waals surface area contributed by atoms with Crippen LogP contribution >= 0.6 is 0 Å². The van der Waals surface area contributed by atoms with Gasteiger partial charge in [-0.3, -0.25) is 4.79 Å². The van der Waals surface area contributed by atoms with Gasteiger partial charge in [0.25, 0.3) is 0 Å². The fourth-order valence-corrected chi connectivity index (χ4v) is 2.77. The van der Waals surface area contributed by atoms with Crippen molar-refractivity contribution in [3.8, 4) is 0 Å². The van der Waals surface area contributed by atoms with Crippen LogP contribution in [-0.2, 0) is 11.2 Å². The van der Waals surface area contributed by atoms with E-state index in [0.717, 1.165) is 6.42 Å². The minimum absolute atomic E-state index is 0.138. The summed E-state index contributed by atoms with van der Waals surface area (Å²) in [5.41, 5.74) is -0.138. The maximum atomic E-state index is 13.6. The number of halogens is 2. The smallest absolute Gasteiger partial charge is 0.227 e. The summed E-state index contributed by atoms with van der Waals surface area (Å²) in [6.07, 6.45) is 0.651. The second-order valence-corrected chi connectivity index (χ2v) is 5.38. The van der Waals surface area contributed by atoms with Gasteiger partial charge in [0.2, 0.25) is 5.91 Å². The van der Waals surface area contributed by atoms with E-state index in [-0.39, 0.29) is 17.9 Å². The van der Waals surface area contributed by atoms with Gasteiger partial charge in [-0.25, -0.2) is 8.78 Å². The maximum absolute atomic E-state index is 13.6. The van der Waals surface area contributed by atoms with Gasteiger partial charge in [-0.2, -0.15) is 0 Å². The van der Waals surface area contributed by atoms with E-state index in [2.05, 4.69) is 12.2 Å². The molecule has 2 unspecified atom stereocenters. The summed E-state index contributed by atoms with van der Waals surface area (Å²) in [5, 5.41) is 3.22. The monoisotopic (exact) mass is 282 g/mol. The van der Waals surface area contributed by atoms with Crippen molar-refractivity contribution < 1.29 is 13.6 Å². The number of hydrogen-bond acceptors (Lipinski definition) is 2. The Morgan fingerprint density at radius 3 is 2.60 bits per heavy atom. The van der Waals surface area contributed by atoms with Gasteiger partial charge >= 0.3 is 0 Å². The van der Waals surface area contributed by atoms with Crippen molar-refractivity contribution in [3.05, 3.63) is 35.4 Å². The van der Waals surface area contributed by atoms with Gasteiger partial charge < -0.3 is 10.2 Å². The third kappa shape index (κ3) is 3.15. The van der Waals surface area contributed by atoms with E-state index in [9.17, 15) is 13.6 Å². The van der Waals surface area contributed by atoms with Crippen molar-refractivity contribution in [2.45, 2.75) is 25.8 Å². The lowest BCUT2D eigenvalue weighted by Crippen LogP contribution is -2.49. The molecule has 3 nitrogen and oxygen atoms in total. The number of hydrogen-bond donors (Lipinski definition) is 1. The number of carbonyl (C=O) groups excluding carboxylic acids is 1. The summed E-state index contributed by atoms with van der Waals surface area (Å²) in [4.78, 5) is 13.9. The van der Waals surface area contributed by atoms with E-state index in [4.69, 9.17) is 0 Å². The quantitative estimate of drug-likeness (QED) is 0.919. The minimum atomic E-state index is -0.656. The van der Waals surface area contributed by atoms with Crippen LogP contribution in [-0.4, -0.2) is 37.0 Å². The van der Waals surface area contributed by atoms with Gasteiger partial charge in [0.1, 0.15) is 11.6 Å². The third-order valence-corrected chi connectivity index (χ3v) is 4.02. The molecule has 2 atom stereocenters. The van der Waals surface area contributed by atoms with E-state index in [1.165, 1.54) is 18.2 Å². The molecule has 0 aliphatic carbocycles. The molecule has 1 N–H and O–H groups in total. The zero-order valence-corrected chi connectivity index (χ0v) is 11.8. The lowest BCUT2D eigenvalue weighted by Gasteiger charge is -2.37. The summed E-state index contributed by atoms with van der Waals surface area (Å²) in [6.45, 7) is 3.33. The highest BCUT2D eigenvalue weighted by molar-refractivity contribution is 5.79. The average molecular weight is 282 g/mol. The molecule has 2 rings (SSSR count). The first-order valence-corrected chi connectivity index (χ1v) is 6.91. The van der Waals surface area contributed by atoms with Crippen LogP contribution < -0.4 is 5.32 Å². The van der Waals surface area contributed by atoms with E-state index in [1.807, 2.05) is 7.05 Å². The second kappa shape index (κ2) is 6.31. The highest BCUT2D eigenvalue weighted by Crippen LogP contribution is 2.19. The highest BCUT2D eigenvalue weighted by Gasteiger charge is 2.28. The number of benzene rings is 1. The molecule has 110 valence electrons. The molecule has 1 aromatic rings. The fraction of sp³-hybridized carbons (Fsp3) is 0.533. The van der Waals surface area contributed by atoms with Gasteiger partial charge in [-0.05, 0) is 31.5 Å². The van der Waals surface area contributed by atoms with Crippen molar-refractivity contribution in [2.75, 3.05) is 20.1 Å². The Morgan fingerprint density at radius 1 is 1.40 bits per heavy atom. The SMILES string of the molecule is CNC1CCN(C(=O)Cc2c(F)cccc2F)CC1C. The van der Waals surface area contributed by atoms with Gasteiger partial charge in [0, 0.05) is 24.7 Å². The fourth-order valence-electron chi connectivity index (χ4n) is 2.77. The lowest BCUT2D eigenvalue weighted by molar-refractivity contribution is -0.132. The summed E-state index contributed by atoms with van der Waals surface area (Å²) in [6, 6.07) is 4.06. The molecule has 0 spiro atoms. The number of likely N-dealkylation sites (tertiary alicyclic amines) is 1. The van der Waals surface area contributed by atoms with Crippen molar-refractivity contribution in [1.82, 2.24) is 10.2 Å². The number of amides is 1. The molecule has 1 aliphatic heterocycles. The first-order valence-electron chi connectivity index (χ1n) is 6.91. The highest BCUT2D eigenvalue weighted by atomic mass is 19.1. The maximum Gasteiger partial charge on any atom is 0.227 e. The van der Waals surface area contributed by atoms with Crippen LogP contribution in [0.4, 0.5) is 8.78 Å². The Bertz CT molecular complexity index is 473. The molecule has 1 aliphatic rings. The lowest BCUT2D eigenvalue weighted by atomic mass is 9.93. The number of piperidine rings is 1. The standard InChI is InChI=1S/C15H20F2N2O/c1-10-9-19(7-6-14(10)18-2)15(20)8-11-12(16)4-3-5-13(11)17/h3-5,10,14,18H,6-9H2,1-2H3. The molecule has 5 heteroatoms. The Balaban J connectivity index is 2.03. The van der Waals surface area contributed by atoms with E-state index < -0.39 is 11.6 Å². The van der Waals surface area contributed by atoms with Crippen LogP contribution in [0, 0.1) is 17.6 Å². The Morgan fingerprint density at radius 2 is 2.05 bits per heavy atom. The normalized spacial score (nSPS) is 22.9. The predicted octanol–water partition coefficient (Wildman–Crippen LogP) is 1.96. The predicted molar refractivity (Wildman–Crippen MR) is 73.3 cm³/mol. The molecular formula is C15H20F2N2O. The van der Waals surface area contributed by atoms with Crippen molar-refractivity contribution in [1.29, 1.82) is 0 Å². The summed E-state index contributed by atoms with van der Waals surface area (Å²) >= 11 is 0. The molecule has 0 radical (unpaired) electrons. The van der Waals surface area contributed by atoms with Crippen molar-refractivity contribution >= 4 is 5.91 Å².